The lowest BCUT2D eigenvalue weighted by Crippen LogP contribution is -2.39. The zero-order chi connectivity index (χ0) is 35.7. The summed E-state index contributed by atoms with van der Waals surface area (Å²) in [4.78, 5) is 2.62. The number of ether oxygens (including phenoxy) is 2. The molecular formula is C46H90N2O2. The Balaban J connectivity index is 2.00. The van der Waals surface area contributed by atoms with Gasteiger partial charge in [0.1, 0.15) is 0 Å². The summed E-state index contributed by atoms with van der Waals surface area (Å²) in [7, 11) is 0. The quantitative estimate of drug-likeness (QED) is 0.0508. The predicted octanol–water partition coefficient (Wildman–Crippen LogP) is 13.5. The van der Waals surface area contributed by atoms with Gasteiger partial charge in [0.15, 0.2) is 0 Å². The third-order valence-electron chi connectivity index (χ3n) is 10.5. The van der Waals surface area contributed by atoms with Gasteiger partial charge in [-0.05, 0) is 110 Å². The molecular weight excluding hydrogens is 613 g/mol. The number of rotatable bonds is 41. The van der Waals surface area contributed by atoms with Gasteiger partial charge in [-0.15, -0.1) is 0 Å². The number of likely N-dealkylation sites (tertiary alicyclic amines) is 1. The standard InChI is InChI=1S/C46H90N2O2/c1-3-5-7-9-11-13-15-17-19-21-23-25-27-29-31-35-42-49-44-46(47-38-37-41-48-39-33-34-40-48)45-50-43-36-32-30-28-26-24-22-20-18-16-14-12-10-8-6-4-2/h17-20,46-47H,3-16,21-45H2,1-2H3/b19-17-,20-18-. The molecule has 0 aromatic heterocycles. The van der Waals surface area contributed by atoms with E-state index in [0.29, 0.717) is 6.04 Å². The number of nitrogens with one attached hydrogen (secondary N) is 1. The van der Waals surface area contributed by atoms with Crippen LogP contribution in [0.4, 0.5) is 0 Å². The van der Waals surface area contributed by atoms with Gasteiger partial charge >= 0.3 is 0 Å². The SMILES string of the molecule is CCCCCCCC/C=C\CCCCCCCCOCC(COCCCCCCCC/C=C\CCCCCCCC)NCCCN1CCCC1. The van der Waals surface area contributed by atoms with Gasteiger partial charge in [0.2, 0.25) is 0 Å². The lowest BCUT2D eigenvalue weighted by Gasteiger charge is -2.20. The van der Waals surface area contributed by atoms with Crippen LogP contribution >= 0.6 is 0 Å². The number of hydrogen-bond donors (Lipinski definition) is 1. The number of nitrogens with zero attached hydrogens (tertiary/aromatic N) is 1. The summed E-state index contributed by atoms with van der Waals surface area (Å²) in [5.41, 5.74) is 0. The highest BCUT2D eigenvalue weighted by Gasteiger charge is 2.12. The summed E-state index contributed by atoms with van der Waals surface area (Å²) in [5, 5.41) is 3.77. The molecule has 296 valence electrons. The van der Waals surface area contributed by atoms with E-state index in [4.69, 9.17) is 9.47 Å². The highest BCUT2D eigenvalue weighted by molar-refractivity contribution is 4.82. The molecule has 0 saturated carbocycles. The Labute approximate surface area is 314 Å². The van der Waals surface area contributed by atoms with E-state index < -0.39 is 0 Å². The molecule has 0 amide bonds. The van der Waals surface area contributed by atoms with Crippen LogP contribution in [0.15, 0.2) is 24.3 Å². The molecule has 0 radical (unpaired) electrons. The van der Waals surface area contributed by atoms with Gasteiger partial charge in [-0.1, -0.05) is 154 Å². The first-order valence-corrected chi connectivity index (χ1v) is 22.8. The van der Waals surface area contributed by atoms with Gasteiger partial charge in [-0.3, -0.25) is 0 Å². The van der Waals surface area contributed by atoms with Gasteiger partial charge < -0.3 is 19.7 Å². The normalized spacial score (nSPS) is 14.1. The van der Waals surface area contributed by atoms with Crippen molar-refractivity contribution in [2.45, 2.75) is 219 Å². The van der Waals surface area contributed by atoms with E-state index in [1.807, 2.05) is 0 Å². The molecule has 1 aliphatic rings. The number of unbranched alkanes of at least 4 members (excludes halogenated alkanes) is 24. The van der Waals surface area contributed by atoms with Crippen molar-refractivity contribution >= 4 is 0 Å². The summed E-state index contributed by atoms with van der Waals surface area (Å²) in [5.74, 6) is 0. The first-order valence-electron chi connectivity index (χ1n) is 22.8. The zero-order valence-corrected chi connectivity index (χ0v) is 34.2. The summed E-state index contributed by atoms with van der Waals surface area (Å²) in [6.45, 7) is 12.8. The minimum atomic E-state index is 0.316. The van der Waals surface area contributed by atoms with E-state index in [1.54, 1.807) is 0 Å². The van der Waals surface area contributed by atoms with Crippen molar-refractivity contribution in [2.75, 3.05) is 52.6 Å². The fraction of sp³-hybridized carbons (Fsp3) is 0.913. The third kappa shape index (κ3) is 35.7. The molecule has 50 heavy (non-hydrogen) atoms. The Kier molecular flexibility index (Phi) is 38.9. The Morgan fingerprint density at radius 3 is 1.22 bits per heavy atom. The first kappa shape index (κ1) is 47.3. The van der Waals surface area contributed by atoms with Crippen LogP contribution in [0.1, 0.15) is 213 Å². The van der Waals surface area contributed by atoms with Crippen LogP contribution in [0.2, 0.25) is 0 Å². The maximum atomic E-state index is 6.17. The maximum absolute atomic E-state index is 6.17. The highest BCUT2D eigenvalue weighted by atomic mass is 16.5. The van der Waals surface area contributed by atoms with E-state index in [1.165, 1.54) is 219 Å². The van der Waals surface area contributed by atoms with Crippen LogP contribution in [0.5, 0.6) is 0 Å². The van der Waals surface area contributed by atoms with Gasteiger partial charge in [0, 0.05) is 13.2 Å². The second-order valence-corrected chi connectivity index (χ2v) is 15.6. The van der Waals surface area contributed by atoms with E-state index in [2.05, 4.69) is 48.4 Å². The minimum absolute atomic E-state index is 0.316. The molecule has 1 N–H and O–H groups in total. The van der Waals surface area contributed by atoms with Crippen molar-refractivity contribution in [1.82, 2.24) is 10.2 Å². The van der Waals surface area contributed by atoms with Crippen LogP contribution in [-0.4, -0.2) is 63.5 Å². The smallest absolute Gasteiger partial charge is 0.0642 e. The van der Waals surface area contributed by atoms with Crippen LogP contribution < -0.4 is 5.32 Å². The molecule has 4 nitrogen and oxygen atoms in total. The molecule has 1 fully saturated rings. The van der Waals surface area contributed by atoms with Gasteiger partial charge in [-0.2, -0.15) is 0 Å². The summed E-state index contributed by atoms with van der Waals surface area (Å²) < 4.78 is 12.3. The molecule has 0 unspecified atom stereocenters. The van der Waals surface area contributed by atoms with Gasteiger partial charge in [0.05, 0.1) is 19.3 Å². The van der Waals surface area contributed by atoms with E-state index in [0.717, 1.165) is 33.0 Å². The minimum Gasteiger partial charge on any atom is -0.380 e. The Morgan fingerprint density at radius 1 is 0.460 bits per heavy atom. The van der Waals surface area contributed by atoms with Crippen molar-refractivity contribution in [3.8, 4) is 0 Å². The Hall–Kier alpha value is -0.680. The molecule has 4 heteroatoms. The lowest BCUT2D eigenvalue weighted by molar-refractivity contribution is 0.0526. The summed E-state index contributed by atoms with van der Waals surface area (Å²) in [6.07, 6.45) is 51.5. The largest absolute Gasteiger partial charge is 0.380 e. The number of allylic oxidation sites excluding steroid dienone is 4. The molecule has 1 saturated heterocycles. The van der Waals surface area contributed by atoms with E-state index in [-0.39, 0.29) is 0 Å². The van der Waals surface area contributed by atoms with Crippen LogP contribution in [-0.2, 0) is 9.47 Å². The summed E-state index contributed by atoms with van der Waals surface area (Å²) in [6, 6.07) is 0.316. The fourth-order valence-electron chi connectivity index (χ4n) is 7.14. The van der Waals surface area contributed by atoms with Crippen molar-refractivity contribution < 1.29 is 9.47 Å². The average Bonchev–Trinajstić information content (AvgIpc) is 3.65. The lowest BCUT2D eigenvalue weighted by atomic mass is 10.1. The fourth-order valence-corrected chi connectivity index (χ4v) is 7.14. The predicted molar refractivity (Wildman–Crippen MR) is 223 cm³/mol. The highest BCUT2D eigenvalue weighted by Crippen LogP contribution is 2.12. The van der Waals surface area contributed by atoms with Crippen molar-refractivity contribution in [1.29, 1.82) is 0 Å². The summed E-state index contributed by atoms with van der Waals surface area (Å²) >= 11 is 0. The second kappa shape index (κ2) is 41.1. The molecule has 0 bridgehead atoms. The molecule has 0 aromatic rings. The van der Waals surface area contributed by atoms with Crippen molar-refractivity contribution in [3.63, 3.8) is 0 Å². The van der Waals surface area contributed by atoms with E-state index in [9.17, 15) is 0 Å². The average molecular weight is 703 g/mol. The molecule has 0 spiro atoms. The Morgan fingerprint density at radius 2 is 0.820 bits per heavy atom. The second-order valence-electron chi connectivity index (χ2n) is 15.6. The monoisotopic (exact) mass is 703 g/mol. The molecule has 1 heterocycles. The molecule has 1 aliphatic heterocycles. The zero-order valence-electron chi connectivity index (χ0n) is 34.2. The molecule has 1 rings (SSSR count). The molecule has 0 aromatic carbocycles. The molecule has 0 aliphatic carbocycles. The van der Waals surface area contributed by atoms with Crippen molar-refractivity contribution in [3.05, 3.63) is 24.3 Å². The van der Waals surface area contributed by atoms with Crippen LogP contribution in [0.25, 0.3) is 0 Å². The first-order chi connectivity index (χ1) is 24.9. The Bertz CT molecular complexity index is 644. The van der Waals surface area contributed by atoms with E-state index >= 15 is 0 Å². The molecule has 0 atom stereocenters. The van der Waals surface area contributed by atoms with Gasteiger partial charge in [-0.25, -0.2) is 0 Å². The van der Waals surface area contributed by atoms with Crippen LogP contribution in [0, 0.1) is 0 Å². The van der Waals surface area contributed by atoms with Crippen molar-refractivity contribution in [2.24, 2.45) is 0 Å². The van der Waals surface area contributed by atoms with Crippen LogP contribution in [0.3, 0.4) is 0 Å². The maximum Gasteiger partial charge on any atom is 0.0642 e. The van der Waals surface area contributed by atoms with Gasteiger partial charge in [0.25, 0.3) is 0 Å². The topological polar surface area (TPSA) is 33.7 Å². The third-order valence-corrected chi connectivity index (χ3v) is 10.5. The number of hydrogen-bond acceptors (Lipinski definition) is 4.